The second kappa shape index (κ2) is 8.65. The number of nitrogens with one attached hydrogen (secondary N) is 1. The van der Waals surface area contributed by atoms with Gasteiger partial charge in [0.15, 0.2) is 15.8 Å². The number of hydrogen-bond acceptors (Lipinski definition) is 9. The molecular weight excluding hydrogens is 538 g/mol. The first-order chi connectivity index (χ1) is 18.0. The van der Waals surface area contributed by atoms with Crippen molar-refractivity contribution in [2.45, 2.75) is 49.5 Å². The Kier molecular flexibility index (Phi) is 5.71. The summed E-state index contributed by atoms with van der Waals surface area (Å²) in [4.78, 5) is 20.9. The van der Waals surface area contributed by atoms with Crippen molar-refractivity contribution in [3.05, 3.63) is 23.5 Å². The number of nitrogens with zero attached hydrogens (tertiary/aromatic N) is 7. The van der Waals surface area contributed by atoms with Crippen molar-refractivity contribution in [1.82, 2.24) is 29.2 Å². The van der Waals surface area contributed by atoms with Crippen LogP contribution < -0.4 is 9.62 Å². The number of halogens is 2. The molecule has 1 N–H and O–H groups in total. The van der Waals surface area contributed by atoms with Gasteiger partial charge in [-0.15, -0.1) is 10.2 Å². The number of carbonyl (C=O) groups is 1. The number of hydrogen-bond donors (Lipinski definition) is 1. The van der Waals surface area contributed by atoms with Crippen molar-refractivity contribution in [2.24, 2.45) is 5.41 Å². The quantitative estimate of drug-likeness (QED) is 0.464. The second-order valence-corrected chi connectivity index (χ2v) is 13.0. The molecule has 3 aliphatic rings. The summed E-state index contributed by atoms with van der Waals surface area (Å²) in [5.41, 5.74) is -0.268. The van der Waals surface area contributed by atoms with Gasteiger partial charge < -0.3 is 9.80 Å². The molecule has 0 bridgehead atoms. The number of sulfonamides is 1. The Balaban J connectivity index is 1.39. The fourth-order valence-corrected chi connectivity index (χ4v) is 6.72. The Hall–Kier alpha value is -3.22. The lowest BCUT2D eigenvalue weighted by molar-refractivity contribution is -0.136. The summed E-state index contributed by atoms with van der Waals surface area (Å²) in [5.74, 6) is 0.325. The smallest absolute Gasteiger partial charge is 0.291 e. The second-order valence-electron chi connectivity index (χ2n) is 10.3. The molecule has 0 aromatic carbocycles. The van der Waals surface area contributed by atoms with Crippen LogP contribution in [0.15, 0.2) is 23.4 Å². The Bertz CT molecular complexity index is 1580. The first-order valence-electron chi connectivity index (χ1n) is 12.2. The van der Waals surface area contributed by atoms with E-state index in [1.165, 1.54) is 16.7 Å². The summed E-state index contributed by atoms with van der Waals surface area (Å²) in [6.07, 6.45) is 2.73. The first-order valence-corrected chi connectivity index (χ1v) is 14.5. The average molecular weight is 563 g/mol. The minimum absolute atomic E-state index is 0.0941. The maximum atomic E-state index is 13.4. The molecule has 0 spiro atoms. The Morgan fingerprint density at radius 1 is 1.18 bits per heavy atom. The standard InChI is InChI=1S/C23H24F2N8O3S2/c1-22(2-3-22)21(34)32-8-6-31(7-9-32)15-10-14(38(35,36)30-23(13-26)4-5-23)12-33-16(15)11-27-18(33)20-29-28-19(37-20)17(24)25/h10-12,17,30H,2-9H2,1H3. The fourth-order valence-electron chi connectivity index (χ4n) is 4.64. The SMILES string of the molecule is CC1(C(=O)N2CCN(c3cc(S(=O)(=O)NC4(C#N)CC4)cn4c(-c5nnc(C(F)F)s5)ncc34)CC2)CC1. The number of piperazine rings is 1. The van der Waals surface area contributed by atoms with Gasteiger partial charge >= 0.3 is 0 Å². The average Bonchev–Trinajstić information content (AvgIpc) is 3.71. The van der Waals surface area contributed by atoms with Crippen LogP contribution in [0.5, 0.6) is 0 Å². The molecule has 2 saturated carbocycles. The van der Waals surface area contributed by atoms with E-state index in [4.69, 9.17) is 0 Å². The first kappa shape index (κ1) is 25.1. The monoisotopic (exact) mass is 562 g/mol. The van der Waals surface area contributed by atoms with E-state index < -0.39 is 27.0 Å². The van der Waals surface area contributed by atoms with Crippen molar-refractivity contribution in [3.8, 4) is 16.9 Å². The molecule has 4 heterocycles. The van der Waals surface area contributed by atoms with Gasteiger partial charge in [-0.05, 0) is 31.7 Å². The molecule has 3 aromatic heterocycles. The summed E-state index contributed by atoms with van der Waals surface area (Å²) in [6.45, 7) is 3.91. The van der Waals surface area contributed by atoms with Gasteiger partial charge in [0.1, 0.15) is 10.4 Å². The van der Waals surface area contributed by atoms with Gasteiger partial charge in [-0.3, -0.25) is 9.20 Å². The number of pyridine rings is 1. The molecule has 15 heteroatoms. The maximum absolute atomic E-state index is 13.4. The predicted octanol–water partition coefficient (Wildman–Crippen LogP) is 2.57. The van der Waals surface area contributed by atoms with E-state index >= 15 is 0 Å². The third-order valence-electron chi connectivity index (χ3n) is 7.44. The molecule has 1 amide bonds. The number of nitriles is 1. The van der Waals surface area contributed by atoms with E-state index in [-0.39, 0.29) is 27.0 Å². The molecule has 11 nitrogen and oxygen atoms in total. The molecule has 1 saturated heterocycles. The van der Waals surface area contributed by atoms with Crippen LogP contribution in [0.4, 0.5) is 14.5 Å². The molecule has 200 valence electrons. The summed E-state index contributed by atoms with van der Waals surface area (Å²) < 4.78 is 57.0. The van der Waals surface area contributed by atoms with Crippen LogP contribution in [0.2, 0.25) is 0 Å². The molecule has 1 aliphatic heterocycles. The minimum atomic E-state index is -4.11. The van der Waals surface area contributed by atoms with Crippen LogP contribution in [0.1, 0.15) is 44.0 Å². The van der Waals surface area contributed by atoms with Gasteiger partial charge in [0.25, 0.3) is 6.43 Å². The predicted molar refractivity (Wildman–Crippen MR) is 133 cm³/mol. The molecule has 2 aliphatic carbocycles. The summed E-state index contributed by atoms with van der Waals surface area (Å²) in [5, 5.41) is 16.5. The highest BCUT2D eigenvalue weighted by Gasteiger charge is 2.48. The number of rotatable bonds is 7. The number of amides is 1. The molecule has 38 heavy (non-hydrogen) atoms. The van der Waals surface area contributed by atoms with Crippen molar-refractivity contribution in [1.29, 1.82) is 5.26 Å². The molecule has 3 fully saturated rings. The molecule has 0 unspecified atom stereocenters. The number of imidazole rings is 1. The van der Waals surface area contributed by atoms with Gasteiger partial charge in [-0.2, -0.15) is 9.98 Å². The molecule has 6 rings (SSSR count). The largest absolute Gasteiger partial charge is 0.366 e. The third-order valence-corrected chi connectivity index (χ3v) is 9.87. The number of carbonyl (C=O) groups excluding carboxylic acids is 1. The lowest BCUT2D eigenvalue weighted by atomic mass is 10.1. The Morgan fingerprint density at radius 2 is 1.89 bits per heavy atom. The van der Waals surface area contributed by atoms with Crippen LogP contribution in [0, 0.1) is 16.7 Å². The molecular formula is C23H24F2N8O3S2. The Labute approximate surface area is 221 Å². The normalized spacial score (nSPS) is 20.1. The van der Waals surface area contributed by atoms with Crippen LogP contribution >= 0.6 is 11.3 Å². The Morgan fingerprint density at radius 3 is 2.47 bits per heavy atom. The highest BCUT2D eigenvalue weighted by Crippen LogP contribution is 2.46. The van der Waals surface area contributed by atoms with E-state index in [1.807, 2.05) is 22.8 Å². The van der Waals surface area contributed by atoms with Gasteiger partial charge in [-0.1, -0.05) is 18.3 Å². The van der Waals surface area contributed by atoms with E-state index in [0.29, 0.717) is 61.6 Å². The highest BCUT2D eigenvalue weighted by molar-refractivity contribution is 7.89. The van der Waals surface area contributed by atoms with E-state index in [9.17, 15) is 27.3 Å². The maximum Gasteiger partial charge on any atom is 0.291 e. The molecule has 0 radical (unpaired) electrons. The van der Waals surface area contributed by atoms with Crippen molar-refractivity contribution < 1.29 is 22.0 Å². The number of anilines is 1. The van der Waals surface area contributed by atoms with Crippen LogP contribution in [-0.2, 0) is 14.8 Å². The number of aromatic nitrogens is 4. The van der Waals surface area contributed by atoms with Gasteiger partial charge in [-0.25, -0.2) is 22.2 Å². The molecule has 0 atom stereocenters. The van der Waals surface area contributed by atoms with E-state index in [0.717, 1.165) is 12.8 Å². The van der Waals surface area contributed by atoms with Crippen LogP contribution in [0.25, 0.3) is 16.3 Å². The van der Waals surface area contributed by atoms with E-state index in [2.05, 4.69) is 19.9 Å². The van der Waals surface area contributed by atoms with Gasteiger partial charge in [0, 0.05) is 37.8 Å². The van der Waals surface area contributed by atoms with Gasteiger partial charge in [0.2, 0.25) is 15.9 Å². The number of fused-ring (bicyclic) bond motifs is 1. The lowest BCUT2D eigenvalue weighted by Crippen LogP contribution is -2.50. The molecule has 3 aromatic rings. The zero-order valence-corrected chi connectivity index (χ0v) is 22.0. The van der Waals surface area contributed by atoms with Crippen LogP contribution in [0.3, 0.4) is 0 Å². The lowest BCUT2D eigenvalue weighted by Gasteiger charge is -2.37. The topological polar surface area (TPSA) is 137 Å². The summed E-state index contributed by atoms with van der Waals surface area (Å²) in [6, 6.07) is 3.56. The van der Waals surface area contributed by atoms with Crippen molar-refractivity contribution >= 4 is 38.5 Å². The third kappa shape index (κ3) is 4.30. The summed E-state index contributed by atoms with van der Waals surface area (Å²) in [7, 11) is -4.11. The highest BCUT2D eigenvalue weighted by atomic mass is 32.2. The number of alkyl halides is 2. The summed E-state index contributed by atoms with van der Waals surface area (Å²) >= 11 is 0.682. The zero-order chi connectivity index (χ0) is 26.9. The fraction of sp³-hybridized carbons (Fsp3) is 0.522. The van der Waals surface area contributed by atoms with Crippen molar-refractivity contribution in [2.75, 3.05) is 31.1 Å². The van der Waals surface area contributed by atoms with Gasteiger partial charge in [0.05, 0.1) is 23.5 Å². The zero-order valence-electron chi connectivity index (χ0n) is 20.4. The van der Waals surface area contributed by atoms with Crippen LogP contribution in [-0.4, -0.2) is 70.5 Å². The minimum Gasteiger partial charge on any atom is -0.366 e. The van der Waals surface area contributed by atoms with Crippen molar-refractivity contribution in [3.63, 3.8) is 0 Å². The van der Waals surface area contributed by atoms with E-state index in [1.54, 1.807) is 6.20 Å².